The summed E-state index contributed by atoms with van der Waals surface area (Å²) in [6.45, 7) is 4.71. The summed E-state index contributed by atoms with van der Waals surface area (Å²) in [7, 11) is 1.74. The van der Waals surface area contributed by atoms with Crippen molar-refractivity contribution in [2.24, 2.45) is 0 Å². The van der Waals surface area contributed by atoms with E-state index in [1.54, 1.807) is 18.4 Å². The molecule has 6 rings (SSSR count). The molecule has 154 valence electrons. The molecule has 1 aliphatic heterocycles. The van der Waals surface area contributed by atoms with Gasteiger partial charge in [-0.3, -0.25) is 4.57 Å². The lowest BCUT2D eigenvalue weighted by molar-refractivity contribution is 0.186. The van der Waals surface area contributed by atoms with Gasteiger partial charge in [0.1, 0.15) is 11.0 Å². The SMILES string of the molecule is COCc1cc(C)nc2sc3c(c12)N[C@H](c1ccc(C)cc1)n1c-3nc2ccccc21. The Kier molecular flexibility index (Phi) is 4.13. The van der Waals surface area contributed by atoms with Gasteiger partial charge in [0.2, 0.25) is 0 Å². The molecule has 0 unspecified atom stereocenters. The average Bonchev–Trinajstić information content (AvgIpc) is 3.32. The number of para-hydroxylation sites is 2. The van der Waals surface area contributed by atoms with Crippen molar-refractivity contribution in [1.82, 2.24) is 14.5 Å². The third-order valence-electron chi connectivity index (χ3n) is 5.90. The summed E-state index contributed by atoms with van der Waals surface area (Å²) in [5.74, 6) is 0.990. The molecule has 2 aromatic carbocycles. The number of fused-ring (bicyclic) bond motifs is 7. The number of hydrogen-bond donors (Lipinski definition) is 1. The van der Waals surface area contributed by atoms with Crippen molar-refractivity contribution < 1.29 is 4.74 Å². The van der Waals surface area contributed by atoms with Gasteiger partial charge in [-0.15, -0.1) is 11.3 Å². The number of nitrogens with one attached hydrogen (secondary N) is 1. The van der Waals surface area contributed by atoms with Crippen LogP contribution in [-0.4, -0.2) is 21.6 Å². The molecule has 0 amide bonds. The number of anilines is 1. The van der Waals surface area contributed by atoms with Crippen LogP contribution in [0.1, 0.15) is 28.6 Å². The number of ether oxygens (including phenoxy) is 1. The molecule has 1 aliphatic rings. The lowest BCUT2D eigenvalue weighted by atomic mass is 10.1. The monoisotopic (exact) mass is 426 g/mol. The van der Waals surface area contributed by atoms with Crippen molar-refractivity contribution in [2.75, 3.05) is 12.4 Å². The van der Waals surface area contributed by atoms with Crippen LogP contribution in [0.3, 0.4) is 0 Å². The number of pyridine rings is 1. The van der Waals surface area contributed by atoms with Crippen molar-refractivity contribution in [2.45, 2.75) is 26.6 Å². The first-order valence-electron chi connectivity index (χ1n) is 10.4. The first-order chi connectivity index (χ1) is 15.1. The van der Waals surface area contributed by atoms with Gasteiger partial charge in [-0.25, -0.2) is 9.97 Å². The van der Waals surface area contributed by atoms with E-state index in [9.17, 15) is 0 Å². The zero-order valence-corrected chi connectivity index (χ0v) is 18.5. The van der Waals surface area contributed by atoms with Crippen molar-refractivity contribution in [3.05, 3.63) is 77.0 Å². The van der Waals surface area contributed by atoms with E-state index in [1.165, 1.54) is 11.1 Å². The van der Waals surface area contributed by atoms with Crippen LogP contribution in [0, 0.1) is 13.8 Å². The molecule has 5 aromatic rings. The van der Waals surface area contributed by atoms with E-state index in [0.717, 1.165) is 48.9 Å². The maximum atomic E-state index is 5.52. The highest BCUT2D eigenvalue weighted by molar-refractivity contribution is 7.22. The van der Waals surface area contributed by atoms with Crippen LogP contribution in [0.15, 0.2) is 54.6 Å². The summed E-state index contributed by atoms with van der Waals surface area (Å²) < 4.78 is 7.84. The second kappa shape index (κ2) is 6.90. The van der Waals surface area contributed by atoms with Crippen molar-refractivity contribution in [3.8, 4) is 10.7 Å². The first kappa shape index (κ1) is 18.5. The Balaban J connectivity index is 1.68. The largest absolute Gasteiger partial charge is 0.380 e. The third kappa shape index (κ3) is 2.79. The van der Waals surface area contributed by atoms with E-state index < -0.39 is 0 Å². The highest BCUT2D eigenvalue weighted by Gasteiger charge is 2.32. The molecule has 0 saturated heterocycles. The molecule has 0 saturated carbocycles. The number of aryl methyl sites for hydroxylation is 2. The Labute approximate surface area is 184 Å². The Morgan fingerprint density at radius 1 is 1.06 bits per heavy atom. The highest BCUT2D eigenvalue weighted by atomic mass is 32.1. The Bertz CT molecular complexity index is 1450. The van der Waals surface area contributed by atoms with Crippen LogP contribution in [-0.2, 0) is 11.3 Å². The standard InChI is InChI=1S/C25H22N4OS/c1-14-8-10-16(11-9-14)23-28-21-20-17(13-30-3)12-15(2)26-25(20)31-22(21)24-27-18-6-4-5-7-19(18)29(23)24/h4-12,23,28H,13H2,1-3H3/t23-/m0/s1. The minimum Gasteiger partial charge on any atom is -0.380 e. The van der Waals surface area contributed by atoms with Gasteiger partial charge in [0, 0.05) is 18.2 Å². The minimum atomic E-state index is -0.0509. The molecule has 0 radical (unpaired) electrons. The number of benzene rings is 2. The fourth-order valence-corrected chi connectivity index (χ4v) is 5.74. The summed E-state index contributed by atoms with van der Waals surface area (Å²) in [6, 6.07) is 19.2. The van der Waals surface area contributed by atoms with Gasteiger partial charge >= 0.3 is 0 Å². The summed E-state index contributed by atoms with van der Waals surface area (Å²) in [6.07, 6.45) is -0.0509. The first-order valence-corrected chi connectivity index (χ1v) is 11.2. The Morgan fingerprint density at radius 3 is 2.68 bits per heavy atom. The Hall–Kier alpha value is -3.22. The van der Waals surface area contributed by atoms with Crippen LogP contribution in [0.5, 0.6) is 0 Å². The number of aromatic nitrogens is 3. The van der Waals surface area contributed by atoms with Crippen LogP contribution in [0.2, 0.25) is 0 Å². The third-order valence-corrected chi connectivity index (χ3v) is 6.98. The normalized spacial score (nSPS) is 15.1. The molecule has 4 heterocycles. The van der Waals surface area contributed by atoms with Gasteiger partial charge in [-0.05, 0) is 43.2 Å². The zero-order chi connectivity index (χ0) is 21.1. The summed E-state index contributed by atoms with van der Waals surface area (Å²) in [5.41, 5.74) is 7.84. The maximum absolute atomic E-state index is 5.52. The van der Waals surface area contributed by atoms with E-state index in [2.05, 4.69) is 65.3 Å². The molecular formula is C25H22N4OS. The minimum absolute atomic E-state index is 0.0509. The van der Waals surface area contributed by atoms with E-state index in [1.807, 2.05) is 13.0 Å². The molecule has 0 spiro atoms. The summed E-state index contributed by atoms with van der Waals surface area (Å²) in [4.78, 5) is 12.1. The van der Waals surface area contributed by atoms with Crippen LogP contribution in [0.25, 0.3) is 32.0 Å². The molecule has 6 heteroatoms. The lowest BCUT2D eigenvalue weighted by Crippen LogP contribution is -2.24. The fraction of sp³-hybridized carbons (Fsp3) is 0.200. The van der Waals surface area contributed by atoms with Crippen molar-refractivity contribution in [1.29, 1.82) is 0 Å². The molecule has 0 aliphatic carbocycles. The topological polar surface area (TPSA) is 52.0 Å². The molecule has 5 nitrogen and oxygen atoms in total. The number of thiophene rings is 1. The van der Waals surface area contributed by atoms with Crippen molar-refractivity contribution in [3.63, 3.8) is 0 Å². The molecule has 31 heavy (non-hydrogen) atoms. The van der Waals surface area contributed by atoms with Gasteiger partial charge in [0.25, 0.3) is 0 Å². The second-order valence-electron chi connectivity index (χ2n) is 8.09. The van der Waals surface area contributed by atoms with Crippen molar-refractivity contribution >= 4 is 38.3 Å². The molecule has 0 bridgehead atoms. The van der Waals surface area contributed by atoms with Crippen LogP contribution < -0.4 is 5.32 Å². The van der Waals surface area contributed by atoms with Gasteiger partial charge in [-0.1, -0.05) is 42.0 Å². The summed E-state index contributed by atoms with van der Waals surface area (Å²) >= 11 is 1.70. The molecule has 3 aromatic heterocycles. The van der Waals surface area contributed by atoms with E-state index in [-0.39, 0.29) is 6.17 Å². The van der Waals surface area contributed by atoms with Gasteiger partial charge < -0.3 is 10.1 Å². The maximum Gasteiger partial charge on any atom is 0.155 e. The predicted molar refractivity (Wildman–Crippen MR) is 127 cm³/mol. The number of imidazole rings is 1. The Morgan fingerprint density at radius 2 is 1.87 bits per heavy atom. The lowest BCUT2D eigenvalue weighted by Gasteiger charge is -2.29. The van der Waals surface area contributed by atoms with E-state index >= 15 is 0 Å². The van der Waals surface area contributed by atoms with Crippen LogP contribution in [0.4, 0.5) is 5.69 Å². The quantitative estimate of drug-likeness (QED) is 0.382. The van der Waals surface area contributed by atoms with Gasteiger partial charge in [0.05, 0.1) is 28.2 Å². The molecule has 0 fully saturated rings. The zero-order valence-electron chi connectivity index (χ0n) is 17.6. The predicted octanol–water partition coefficient (Wildman–Crippen LogP) is 6.05. The smallest absolute Gasteiger partial charge is 0.155 e. The number of nitrogens with zero attached hydrogens (tertiary/aromatic N) is 3. The molecular weight excluding hydrogens is 404 g/mol. The van der Waals surface area contributed by atoms with Gasteiger partial charge in [-0.2, -0.15) is 0 Å². The van der Waals surface area contributed by atoms with E-state index in [0.29, 0.717) is 6.61 Å². The number of methoxy groups -OCH3 is 1. The number of hydrogen-bond acceptors (Lipinski definition) is 5. The van der Waals surface area contributed by atoms with Gasteiger partial charge in [0.15, 0.2) is 5.82 Å². The van der Waals surface area contributed by atoms with Crippen LogP contribution >= 0.6 is 11.3 Å². The van der Waals surface area contributed by atoms with E-state index in [4.69, 9.17) is 14.7 Å². The second-order valence-corrected chi connectivity index (χ2v) is 9.09. The summed E-state index contributed by atoms with van der Waals surface area (Å²) in [5, 5.41) is 4.99. The highest BCUT2D eigenvalue weighted by Crippen LogP contribution is 2.49. The average molecular weight is 427 g/mol. The fourth-order valence-electron chi connectivity index (χ4n) is 4.53. The molecule has 1 N–H and O–H groups in total. The molecule has 1 atom stereocenters. The number of rotatable bonds is 3.